The minimum absolute atomic E-state index is 1.17. The Morgan fingerprint density at radius 3 is 1.61 bits per heavy atom. The first kappa shape index (κ1) is 27.7. The lowest BCUT2D eigenvalue weighted by Gasteiger charge is -2.06. The maximum Gasteiger partial charge on any atom is 0.261 e. The normalized spacial score (nSPS) is 11.3. The van der Waals surface area contributed by atoms with Crippen LogP contribution >= 0.6 is 0 Å². The molecule has 0 N–H and O–H groups in total. The molecular formula is C31H53N2+. The number of nitrogens with zero attached hydrogens (tertiary/aromatic N) is 2. The Balaban J connectivity index is 1.69. The Kier molecular flexibility index (Phi) is 15.8. The molecular weight excluding hydrogens is 400 g/mol. The van der Waals surface area contributed by atoms with Gasteiger partial charge in [-0.05, 0) is 31.4 Å². The maximum absolute atomic E-state index is 2.54. The predicted octanol–water partition coefficient (Wildman–Crippen LogP) is 9.37. The van der Waals surface area contributed by atoms with E-state index >= 15 is 0 Å². The number of hydrogen-bond donors (Lipinski definition) is 0. The number of unbranched alkanes of at least 4 members (excludes halogenated alkanes) is 16. The number of hydrogen-bond acceptors (Lipinski definition) is 0. The number of aromatic nitrogens is 2. The van der Waals surface area contributed by atoms with Gasteiger partial charge in [0.2, 0.25) is 0 Å². The van der Waals surface area contributed by atoms with Crippen LogP contribution in [0, 0.1) is 0 Å². The molecule has 0 aliphatic carbocycles. The second-order valence-electron chi connectivity index (χ2n) is 10.0. The Hall–Kier alpha value is -1.57. The molecule has 1 aromatic carbocycles. The molecule has 0 unspecified atom stereocenters. The van der Waals surface area contributed by atoms with E-state index in [0.717, 1.165) is 0 Å². The van der Waals surface area contributed by atoms with Crippen LogP contribution in [0.1, 0.15) is 135 Å². The zero-order valence-corrected chi connectivity index (χ0v) is 22.1. The summed E-state index contributed by atoms with van der Waals surface area (Å²) in [5, 5.41) is 0. The molecule has 0 aliphatic heterocycles. The third-order valence-corrected chi connectivity index (χ3v) is 7.05. The number of benzene rings is 1. The topological polar surface area (TPSA) is 8.81 Å². The summed E-state index contributed by atoms with van der Waals surface area (Å²) in [6.45, 7) is 5.77. The summed E-state index contributed by atoms with van der Waals surface area (Å²) in [6.07, 6.45) is 30.9. The molecule has 2 rings (SSSR count). The minimum Gasteiger partial charge on any atom is -0.234 e. The van der Waals surface area contributed by atoms with E-state index in [9.17, 15) is 0 Å². The smallest absolute Gasteiger partial charge is 0.234 e. The zero-order valence-electron chi connectivity index (χ0n) is 22.1. The highest BCUT2D eigenvalue weighted by atomic mass is 15.1. The van der Waals surface area contributed by atoms with E-state index in [1.165, 1.54) is 140 Å². The fourth-order valence-corrected chi connectivity index (χ4v) is 4.94. The maximum atomic E-state index is 2.54. The van der Waals surface area contributed by atoms with Crippen molar-refractivity contribution in [2.75, 3.05) is 0 Å². The first-order valence-electron chi connectivity index (χ1n) is 14.5. The van der Waals surface area contributed by atoms with Gasteiger partial charge in [0, 0.05) is 6.42 Å². The average Bonchev–Trinajstić information content (AvgIpc) is 3.25. The lowest BCUT2D eigenvalue weighted by atomic mass is 10.1. The second kappa shape index (κ2) is 18.8. The lowest BCUT2D eigenvalue weighted by Crippen LogP contribution is -2.37. The number of para-hydroxylation sites is 1. The van der Waals surface area contributed by atoms with E-state index in [-0.39, 0.29) is 0 Å². The van der Waals surface area contributed by atoms with Crippen molar-refractivity contribution in [2.45, 2.75) is 142 Å². The van der Waals surface area contributed by atoms with Gasteiger partial charge in [-0.1, -0.05) is 128 Å². The summed E-state index contributed by atoms with van der Waals surface area (Å²) < 4.78 is 4.96. The van der Waals surface area contributed by atoms with E-state index in [4.69, 9.17) is 0 Å². The SMILES string of the molecule is CCCCCCCCCCCCCC[n+]1ccn(-c2ccccc2)c1CCCCCCCC. The summed E-state index contributed by atoms with van der Waals surface area (Å²) in [5.74, 6) is 1.49. The van der Waals surface area contributed by atoms with Crippen molar-refractivity contribution < 1.29 is 4.57 Å². The highest BCUT2D eigenvalue weighted by Crippen LogP contribution is 2.15. The second-order valence-corrected chi connectivity index (χ2v) is 10.0. The molecule has 0 spiro atoms. The van der Waals surface area contributed by atoms with Gasteiger partial charge in [0.25, 0.3) is 5.82 Å². The molecule has 2 nitrogen and oxygen atoms in total. The van der Waals surface area contributed by atoms with Gasteiger partial charge < -0.3 is 0 Å². The Morgan fingerprint density at radius 1 is 0.576 bits per heavy atom. The van der Waals surface area contributed by atoms with Crippen LogP contribution in [0.5, 0.6) is 0 Å². The van der Waals surface area contributed by atoms with E-state index in [1.54, 1.807) is 0 Å². The molecule has 0 bridgehead atoms. The summed E-state index contributed by atoms with van der Waals surface area (Å²) >= 11 is 0. The molecule has 0 saturated carbocycles. The van der Waals surface area contributed by atoms with E-state index < -0.39 is 0 Å². The van der Waals surface area contributed by atoms with E-state index in [2.05, 4.69) is 65.7 Å². The van der Waals surface area contributed by atoms with Crippen molar-refractivity contribution in [3.8, 4) is 5.69 Å². The minimum atomic E-state index is 1.17. The van der Waals surface area contributed by atoms with Crippen molar-refractivity contribution in [1.29, 1.82) is 0 Å². The van der Waals surface area contributed by atoms with Gasteiger partial charge in [-0.3, -0.25) is 0 Å². The summed E-state index contributed by atoms with van der Waals surface area (Å²) in [4.78, 5) is 0. The van der Waals surface area contributed by atoms with Crippen LogP contribution in [0.15, 0.2) is 42.7 Å². The molecule has 2 aromatic rings. The summed E-state index contributed by atoms with van der Waals surface area (Å²) in [5.41, 5.74) is 1.30. The monoisotopic (exact) mass is 453 g/mol. The molecule has 0 aliphatic rings. The van der Waals surface area contributed by atoms with Crippen LogP contribution < -0.4 is 4.57 Å². The number of imidazole rings is 1. The summed E-state index contributed by atoms with van der Waals surface area (Å²) in [7, 11) is 0. The fourth-order valence-electron chi connectivity index (χ4n) is 4.94. The van der Waals surface area contributed by atoms with Gasteiger partial charge in [-0.25, -0.2) is 4.57 Å². The molecule has 1 heterocycles. The number of aryl methyl sites for hydroxylation is 1. The Bertz CT molecular complexity index is 688. The first-order valence-corrected chi connectivity index (χ1v) is 14.5. The average molecular weight is 454 g/mol. The molecule has 0 fully saturated rings. The molecule has 186 valence electrons. The van der Waals surface area contributed by atoms with Gasteiger partial charge in [-0.2, -0.15) is 4.57 Å². The van der Waals surface area contributed by atoms with Gasteiger partial charge in [0.15, 0.2) is 0 Å². The van der Waals surface area contributed by atoms with E-state index in [1.807, 2.05) is 0 Å². The van der Waals surface area contributed by atoms with Crippen LogP contribution in [-0.2, 0) is 13.0 Å². The van der Waals surface area contributed by atoms with E-state index in [0.29, 0.717) is 0 Å². The van der Waals surface area contributed by atoms with Crippen molar-refractivity contribution in [2.24, 2.45) is 0 Å². The highest BCUT2D eigenvalue weighted by Gasteiger charge is 2.18. The molecule has 33 heavy (non-hydrogen) atoms. The van der Waals surface area contributed by atoms with Crippen LogP contribution in [0.4, 0.5) is 0 Å². The summed E-state index contributed by atoms with van der Waals surface area (Å²) in [6, 6.07) is 10.9. The molecule has 0 atom stereocenters. The Morgan fingerprint density at radius 2 is 1.06 bits per heavy atom. The van der Waals surface area contributed by atoms with Gasteiger partial charge in [0.05, 0.1) is 6.54 Å². The van der Waals surface area contributed by atoms with Crippen molar-refractivity contribution in [3.63, 3.8) is 0 Å². The van der Waals surface area contributed by atoms with Gasteiger partial charge in [0.1, 0.15) is 18.1 Å². The third kappa shape index (κ3) is 11.9. The van der Waals surface area contributed by atoms with Crippen LogP contribution in [0.25, 0.3) is 5.69 Å². The molecule has 2 heteroatoms. The van der Waals surface area contributed by atoms with Crippen LogP contribution in [-0.4, -0.2) is 4.57 Å². The quantitative estimate of drug-likeness (QED) is 0.131. The van der Waals surface area contributed by atoms with Gasteiger partial charge in [-0.15, -0.1) is 0 Å². The highest BCUT2D eigenvalue weighted by molar-refractivity contribution is 5.31. The third-order valence-electron chi connectivity index (χ3n) is 7.05. The molecule has 0 amide bonds. The molecule has 1 aromatic heterocycles. The van der Waals surface area contributed by atoms with Gasteiger partial charge >= 0.3 is 0 Å². The Labute approximate surface area is 205 Å². The molecule has 0 radical (unpaired) electrons. The van der Waals surface area contributed by atoms with Crippen LogP contribution in [0.2, 0.25) is 0 Å². The standard InChI is InChI=1S/C31H53N2/c1-3-5-7-9-11-12-13-14-15-16-18-23-27-32-28-29-33(30-24-20-19-21-25-30)31(32)26-22-17-10-8-6-4-2/h19-21,24-25,28-29H,3-18,22-23,26-27H2,1-2H3/q+1. The number of rotatable bonds is 21. The van der Waals surface area contributed by atoms with Crippen molar-refractivity contribution in [1.82, 2.24) is 4.57 Å². The largest absolute Gasteiger partial charge is 0.261 e. The van der Waals surface area contributed by atoms with Crippen molar-refractivity contribution >= 4 is 0 Å². The van der Waals surface area contributed by atoms with Crippen molar-refractivity contribution in [3.05, 3.63) is 48.5 Å². The lowest BCUT2D eigenvalue weighted by molar-refractivity contribution is -0.704. The zero-order chi connectivity index (χ0) is 23.4. The van der Waals surface area contributed by atoms with Crippen LogP contribution in [0.3, 0.4) is 0 Å². The fraction of sp³-hybridized carbons (Fsp3) is 0.710. The molecule has 0 saturated heterocycles. The first-order chi connectivity index (χ1) is 16.4. The predicted molar refractivity (Wildman–Crippen MR) is 144 cm³/mol.